The number of ether oxygens (including phenoxy) is 2. The van der Waals surface area contributed by atoms with Crippen molar-refractivity contribution in [3.63, 3.8) is 0 Å². The maximum Gasteiger partial charge on any atom is 0.338 e. The van der Waals surface area contributed by atoms with Crippen molar-refractivity contribution in [1.29, 1.82) is 0 Å². The van der Waals surface area contributed by atoms with E-state index in [0.29, 0.717) is 17.9 Å². The van der Waals surface area contributed by atoms with Crippen LogP contribution in [0.2, 0.25) is 0 Å². The van der Waals surface area contributed by atoms with Gasteiger partial charge in [0.1, 0.15) is 5.75 Å². The van der Waals surface area contributed by atoms with Gasteiger partial charge in [-0.25, -0.2) is 4.79 Å². The molecule has 0 aromatic heterocycles. The van der Waals surface area contributed by atoms with E-state index in [0.717, 1.165) is 10.6 Å². The van der Waals surface area contributed by atoms with Crippen molar-refractivity contribution in [3.05, 3.63) is 23.8 Å². The van der Waals surface area contributed by atoms with Crippen LogP contribution in [-0.2, 0) is 4.74 Å². The first-order valence-corrected chi connectivity index (χ1v) is 6.18. The molecule has 0 bridgehead atoms. The summed E-state index contributed by atoms with van der Waals surface area (Å²) in [6.07, 6.45) is 0. The van der Waals surface area contributed by atoms with E-state index in [1.165, 1.54) is 0 Å². The average molecular weight is 240 g/mol. The second kappa shape index (κ2) is 6.43. The fraction of sp³-hybridized carbons (Fsp3) is 0.417. The third-order valence-electron chi connectivity index (χ3n) is 1.94. The number of hydrogen-bond acceptors (Lipinski definition) is 4. The van der Waals surface area contributed by atoms with Crippen LogP contribution in [0.3, 0.4) is 0 Å². The first-order valence-electron chi connectivity index (χ1n) is 5.20. The zero-order valence-corrected chi connectivity index (χ0v) is 10.6. The Hall–Kier alpha value is -1.16. The molecule has 0 N–H and O–H groups in total. The van der Waals surface area contributed by atoms with E-state index in [1.807, 2.05) is 12.1 Å². The third kappa shape index (κ3) is 3.45. The van der Waals surface area contributed by atoms with Gasteiger partial charge < -0.3 is 9.47 Å². The number of rotatable bonds is 5. The normalized spacial score (nSPS) is 9.94. The summed E-state index contributed by atoms with van der Waals surface area (Å²) < 4.78 is 10.1. The van der Waals surface area contributed by atoms with Crippen LogP contribution in [0, 0.1) is 0 Å². The van der Waals surface area contributed by atoms with Crippen molar-refractivity contribution in [2.24, 2.45) is 0 Å². The zero-order chi connectivity index (χ0) is 12.0. The second-order valence-electron chi connectivity index (χ2n) is 3.05. The summed E-state index contributed by atoms with van der Waals surface area (Å²) in [5.74, 6) is 1.33. The Balaban J connectivity index is 2.98. The van der Waals surface area contributed by atoms with Gasteiger partial charge in [-0.2, -0.15) is 0 Å². The summed E-state index contributed by atoms with van der Waals surface area (Å²) in [5.41, 5.74) is 0.539. The average Bonchev–Trinajstić information content (AvgIpc) is 2.29. The molecule has 0 aliphatic heterocycles. The number of esters is 1. The van der Waals surface area contributed by atoms with Crippen LogP contribution in [0.15, 0.2) is 23.1 Å². The molecular weight excluding hydrogens is 224 g/mol. The lowest BCUT2D eigenvalue weighted by Crippen LogP contribution is -2.05. The highest BCUT2D eigenvalue weighted by molar-refractivity contribution is 7.99. The highest BCUT2D eigenvalue weighted by Crippen LogP contribution is 2.25. The Bertz CT molecular complexity index is 363. The van der Waals surface area contributed by atoms with Gasteiger partial charge in [-0.15, -0.1) is 11.8 Å². The maximum absolute atomic E-state index is 11.6. The molecule has 1 rings (SSSR count). The van der Waals surface area contributed by atoms with Gasteiger partial charge in [-0.05, 0) is 30.9 Å². The van der Waals surface area contributed by atoms with Crippen molar-refractivity contribution in [1.82, 2.24) is 0 Å². The van der Waals surface area contributed by atoms with E-state index in [-0.39, 0.29) is 5.97 Å². The molecule has 0 heterocycles. The van der Waals surface area contributed by atoms with Crippen LogP contribution < -0.4 is 4.74 Å². The molecule has 0 aliphatic carbocycles. The van der Waals surface area contributed by atoms with Gasteiger partial charge in [0.25, 0.3) is 0 Å². The molecule has 0 atom stereocenters. The second-order valence-corrected chi connectivity index (χ2v) is 4.39. The molecule has 4 heteroatoms. The third-order valence-corrected chi connectivity index (χ3v) is 2.80. The summed E-state index contributed by atoms with van der Waals surface area (Å²) in [6.45, 7) is 4.24. The largest absolute Gasteiger partial charge is 0.497 e. The molecule has 0 saturated heterocycles. The van der Waals surface area contributed by atoms with E-state index < -0.39 is 0 Å². The van der Waals surface area contributed by atoms with Gasteiger partial charge in [0.2, 0.25) is 0 Å². The quantitative estimate of drug-likeness (QED) is 0.585. The monoisotopic (exact) mass is 240 g/mol. The minimum Gasteiger partial charge on any atom is -0.497 e. The van der Waals surface area contributed by atoms with Crippen LogP contribution in [0.5, 0.6) is 5.75 Å². The van der Waals surface area contributed by atoms with Crippen LogP contribution >= 0.6 is 11.8 Å². The lowest BCUT2D eigenvalue weighted by molar-refractivity contribution is 0.0525. The van der Waals surface area contributed by atoms with Crippen LogP contribution in [0.25, 0.3) is 0 Å². The molecule has 0 fully saturated rings. The van der Waals surface area contributed by atoms with E-state index in [9.17, 15) is 4.79 Å². The molecule has 0 spiro atoms. The predicted molar refractivity (Wildman–Crippen MR) is 65.3 cm³/mol. The Labute approximate surface area is 100 Å². The molecule has 16 heavy (non-hydrogen) atoms. The highest BCUT2D eigenvalue weighted by atomic mass is 32.2. The SMILES string of the molecule is CCOC(=O)c1cc(OC)cc(SCC)c1. The fourth-order valence-electron chi connectivity index (χ4n) is 1.27. The molecule has 88 valence electrons. The summed E-state index contributed by atoms with van der Waals surface area (Å²) in [7, 11) is 1.59. The van der Waals surface area contributed by atoms with Crippen LogP contribution in [0.1, 0.15) is 24.2 Å². The van der Waals surface area contributed by atoms with Gasteiger partial charge >= 0.3 is 5.97 Å². The lowest BCUT2D eigenvalue weighted by atomic mass is 10.2. The molecule has 0 saturated carbocycles. The standard InChI is InChI=1S/C12H16O3S/c1-4-15-12(13)9-6-10(14-3)8-11(7-9)16-5-2/h6-8H,4-5H2,1-3H3. The molecule has 3 nitrogen and oxygen atoms in total. The highest BCUT2D eigenvalue weighted by Gasteiger charge is 2.09. The van der Waals surface area contributed by atoms with Crippen molar-refractivity contribution in [2.75, 3.05) is 19.5 Å². The first kappa shape index (κ1) is 12.9. The topological polar surface area (TPSA) is 35.5 Å². The molecular formula is C12H16O3S. The van der Waals surface area contributed by atoms with E-state index in [1.54, 1.807) is 31.9 Å². The van der Waals surface area contributed by atoms with Crippen molar-refractivity contribution < 1.29 is 14.3 Å². The lowest BCUT2D eigenvalue weighted by Gasteiger charge is -2.07. The Kier molecular flexibility index (Phi) is 5.19. The van der Waals surface area contributed by atoms with Gasteiger partial charge in [0, 0.05) is 4.90 Å². The number of carbonyl (C=O) groups excluding carboxylic acids is 1. The maximum atomic E-state index is 11.6. The van der Waals surface area contributed by atoms with Crippen LogP contribution in [-0.4, -0.2) is 25.4 Å². The summed E-state index contributed by atoms with van der Waals surface area (Å²) in [5, 5.41) is 0. The number of benzene rings is 1. The predicted octanol–water partition coefficient (Wildman–Crippen LogP) is 2.98. The Morgan fingerprint density at radius 2 is 2.06 bits per heavy atom. The van der Waals surface area contributed by atoms with Crippen molar-refractivity contribution in [3.8, 4) is 5.75 Å². The molecule has 0 radical (unpaired) electrons. The first-order chi connectivity index (χ1) is 7.71. The minimum absolute atomic E-state index is 0.306. The Morgan fingerprint density at radius 1 is 1.31 bits per heavy atom. The van der Waals surface area contributed by atoms with Gasteiger partial charge in [-0.3, -0.25) is 0 Å². The van der Waals surface area contributed by atoms with Crippen LogP contribution in [0.4, 0.5) is 0 Å². The number of hydrogen-bond donors (Lipinski definition) is 0. The number of carbonyl (C=O) groups is 1. The molecule has 0 unspecified atom stereocenters. The summed E-state index contributed by atoms with van der Waals surface area (Å²) >= 11 is 1.67. The van der Waals surface area contributed by atoms with Gasteiger partial charge in [0.15, 0.2) is 0 Å². The molecule has 0 amide bonds. The van der Waals surface area contributed by atoms with Crippen molar-refractivity contribution in [2.45, 2.75) is 18.7 Å². The number of methoxy groups -OCH3 is 1. The van der Waals surface area contributed by atoms with Crippen molar-refractivity contribution >= 4 is 17.7 Å². The van der Waals surface area contributed by atoms with E-state index in [2.05, 4.69) is 6.92 Å². The summed E-state index contributed by atoms with van der Waals surface area (Å²) in [4.78, 5) is 12.6. The molecule has 0 aliphatic rings. The Morgan fingerprint density at radius 3 is 2.62 bits per heavy atom. The summed E-state index contributed by atoms with van der Waals surface area (Å²) in [6, 6.07) is 5.43. The van der Waals surface area contributed by atoms with E-state index in [4.69, 9.17) is 9.47 Å². The minimum atomic E-state index is -0.306. The van der Waals surface area contributed by atoms with Gasteiger partial charge in [-0.1, -0.05) is 6.92 Å². The molecule has 1 aromatic rings. The van der Waals surface area contributed by atoms with E-state index >= 15 is 0 Å². The number of thioether (sulfide) groups is 1. The zero-order valence-electron chi connectivity index (χ0n) is 9.78. The fourth-order valence-corrected chi connectivity index (χ4v) is 2.01. The molecule has 1 aromatic carbocycles. The van der Waals surface area contributed by atoms with Gasteiger partial charge in [0.05, 0.1) is 19.3 Å². The smallest absolute Gasteiger partial charge is 0.338 e.